The molecule has 4 aliphatic carbocycles. The van der Waals surface area contributed by atoms with Gasteiger partial charge in [0.2, 0.25) is 0 Å². The average molecular weight is 615 g/mol. The van der Waals surface area contributed by atoms with Crippen LogP contribution in [0.15, 0.2) is 0 Å². The molecule has 1 heterocycles. The van der Waals surface area contributed by atoms with Gasteiger partial charge in [-0.15, -0.1) is 0 Å². The SMILES string of the molecule is CC(C)(C)OC(=O)C1CC2CCC1C2.CC(C)C.CC(C)C.OC1(C(F)(F)F)OCOC(C2CC3CCC2C3)C1(F)F. The molecule has 0 aromatic rings. The number of rotatable bonds is 2. The van der Waals surface area contributed by atoms with Gasteiger partial charge in [-0.1, -0.05) is 54.4 Å². The maximum absolute atomic E-state index is 14.2. The first-order chi connectivity index (χ1) is 19.1. The lowest BCUT2D eigenvalue weighted by Gasteiger charge is -2.46. The van der Waals surface area contributed by atoms with Crippen LogP contribution in [0, 0.1) is 47.3 Å². The second kappa shape index (κ2) is 14.4. The Morgan fingerprint density at radius 3 is 1.67 bits per heavy atom. The fourth-order valence-electron chi connectivity index (χ4n) is 6.83. The Kier molecular flexibility index (Phi) is 12.8. The quantitative estimate of drug-likeness (QED) is 0.249. The smallest absolute Gasteiger partial charge is 0.449 e. The van der Waals surface area contributed by atoms with Crippen LogP contribution >= 0.6 is 0 Å². The van der Waals surface area contributed by atoms with Gasteiger partial charge in [-0.05, 0) is 101 Å². The third-order valence-corrected chi connectivity index (χ3v) is 8.34. The summed E-state index contributed by atoms with van der Waals surface area (Å²) in [4.78, 5) is 11.8. The molecule has 1 N–H and O–H groups in total. The maximum atomic E-state index is 14.2. The molecule has 0 aromatic heterocycles. The Labute approximate surface area is 249 Å². The van der Waals surface area contributed by atoms with Crippen LogP contribution in [0.4, 0.5) is 22.0 Å². The molecule has 1 saturated heterocycles. The van der Waals surface area contributed by atoms with E-state index in [1.165, 1.54) is 19.3 Å². The van der Waals surface area contributed by atoms with Crippen LogP contribution in [0.3, 0.4) is 0 Å². The van der Waals surface area contributed by atoms with Gasteiger partial charge in [0.1, 0.15) is 11.7 Å². The van der Waals surface area contributed by atoms with Gasteiger partial charge in [0.05, 0.1) is 5.92 Å². The molecule has 8 unspecified atom stereocenters. The molecule has 5 rings (SSSR count). The number of halogens is 5. The number of aliphatic hydroxyl groups is 1. The molecule has 4 bridgehead atoms. The van der Waals surface area contributed by atoms with Gasteiger partial charge in [0.25, 0.3) is 0 Å². The van der Waals surface area contributed by atoms with E-state index >= 15 is 0 Å². The highest BCUT2D eigenvalue weighted by Crippen LogP contribution is 2.57. The summed E-state index contributed by atoms with van der Waals surface area (Å²) < 4.78 is 80.7. The van der Waals surface area contributed by atoms with Crippen LogP contribution < -0.4 is 0 Å². The molecule has 8 atom stereocenters. The van der Waals surface area contributed by atoms with Crippen molar-refractivity contribution in [1.29, 1.82) is 0 Å². The fourth-order valence-corrected chi connectivity index (χ4v) is 6.83. The minimum atomic E-state index is -5.57. The van der Waals surface area contributed by atoms with Crippen molar-refractivity contribution in [3.8, 4) is 0 Å². The summed E-state index contributed by atoms with van der Waals surface area (Å²) in [7, 11) is 0. The number of esters is 1. The Morgan fingerprint density at radius 1 is 0.833 bits per heavy atom. The van der Waals surface area contributed by atoms with Crippen LogP contribution in [0.5, 0.6) is 0 Å². The Morgan fingerprint density at radius 2 is 1.31 bits per heavy atom. The molecule has 0 radical (unpaired) electrons. The molecular weight excluding hydrogens is 559 g/mol. The minimum Gasteiger partial charge on any atom is -0.460 e. The predicted octanol–water partition coefficient (Wildman–Crippen LogP) is 8.77. The number of fused-ring (bicyclic) bond motifs is 4. The summed E-state index contributed by atoms with van der Waals surface area (Å²) in [5.74, 6) is -6.02. The maximum Gasteiger partial charge on any atom is 0.449 e. The zero-order valence-corrected chi connectivity index (χ0v) is 27.0. The number of hydrogen-bond donors (Lipinski definition) is 1. The highest BCUT2D eigenvalue weighted by atomic mass is 19.4. The molecule has 0 spiro atoms. The minimum absolute atomic E-state index is 0.0460. The van der Waals surface area contributed by atoms with Crippen molar-refractivity contribution in [2.75, 3.05) is 6.79 Å². The number of carbonyl (C=O) groups is 1. The number of alkyl halides is 5. The van der Waals surface area contributed by atoms with E-state index in [1.54, 1.807) is 0 Å². The van der Waals surface area contributed by atoms with E-state index in [-0.39, 0.29) is 29.3 Å². The molecule has 248 valence electrons. The molecule has 5 nitrogen and oxygen atoms in total. The molecule has 10 heteroatoms. The second-order valence-electron chi connectivity index (χ2n) is 15.2. The molecule has 5 fully saturated rings. The average Bonchev–Trinajstić information content (AvgIpc) is 3.61. The number of carbonyl (C=O) groups excluding carboxylic acids is 1. The predicted molar refractivity (Wildman–Crippen MR) is 152 cm³/mol. The third kappa shape index (κ3) is 9.50. The lowest BCUT2D eigenvalue weighted by molar-refractivity contribution is -0.488. The van der Waals surface area contributed by atoms with Crippen molar-refractivity contribution < 1.29 is 46.1 Å². The van der Waals surface area contributed by atoms with Crippen LogP contribution in [0.1, 0.15) is 114 Å². The summed E-state index contributed by atoms with van der Waals surface area (Å²) in [5, 5.41) is 9.36. The van der Waals surface area contributed by atoms with E-state index in [0.717, 1.165) is 43.4 Å². The first-order valence-corrected chi connectivity index (χ1v) is 15.7. The van der Waals surface area contributed by atoms with E-state index in [2.05, 4.69) is 46.3 Å². The van der Waals surface area contributed by atoms with Crippen LogP contribution in [-0.4, -0.2) is 47.5 Å². The molecule has 0 aromatic carbocycles. The van der Waals surface area contributed by atoms with Gasteiger partial charge in [0.15, 0.2) is 6.79 Å². The summed E-state index contributed by atoms with van der Waals surface area (Å²) in [5.41, 5.74) is -0.321. The van der Waals surface area contributed by atoms with Gasteiger partial charge < -0.3 is 19.3 Å². The number of ether oxygens (including phenoxy) is 3. The fraction of sp³-hybridized carbons (Fsp3) is 0.969. The van der Waals surface area contributed by atoms with Crippen molar-refractivity contribution in [3.63, 3.8) is 0 Å². The van der Waals surface area contributed by atoms with E-state index in [1.807, 2.05) is 20.8 Å². The number of hydrogen-bond acceptors (Lipinski definition) is 5. The third-order valence-electron chi connectivity index (χ3n) is 8.34. The van der Waals surface area contributed by atoms with Crippen LogP contribution in [-0.2, 0) is 19.0 Å². The first-order valence-electron chi connectivity index (χ1n) is 15.7. The standard InChI is InChI=1S/C12H15F5O3.C12H20O2.2C4H10/c13-10(14)9(8-4-6-1-2-7(8)3-6)19-5-20-11(10,18)12(15,16)17;1-12(2,3)14-11(13)10-7-8-4-5-9(10)6-8;2*1-4(2)3/h6-9,18H,1-5H2;8-10H,4-7H2,1-3H3;2*4H,1-3H3. The molecule has 5 aliphatic rings. The van der Waals surface area contributed by atoms with E-state index in [0.29, 0.717) is 12.3 Å². The van der Waals surface area contributed by atoms with E-state index in [9.17, 15) is 31.9 Å². The van der Waals surface area contributed by atoms with Gasteiger partial charge in [-0.2, -0.15) is 22.0 Å². The van der Waals surface area contributed by atoms with Gasteiger partial charge in [0, 0.05) is 0 Å². The van der Waals surface area contributed by atoms with Crippen LogP contribution in [0.2, 0.25) is 0 Å². The monoisotopic (exact) mass is 614 g/mol. The highest BCUT2D eigenvalue weighted by molar-refractivity contribution is 5.73. The Bertz CT molecular complexity index is 844. The van der Waals surface area contributed by atoms with Crippen molar-refractivity contribution in [2.24, 2.45) is 47.3 Å². The Balaban J connectivity index is 0.000000243. The van der Waals surface area contributed by atoms with Gasteiger partial charge in [-0.25, -0.2) is 0 Å². The van der Waals surface area contributed by atoms with E-state index < -0.39 is 36.7 Å². The molecule has 4 saturated carbocycles. The molecule has 0 amide bonds. The summed E-state index contributed by atoms with van der Waals surface area (Å²) in [6.45, 7) is 17.8. The van der Waals surface area contributed by atoms with Crippen LogP contribution in [0.25, 0.3) is 0 Å². The summed E-state index contributed by atoms with van der Waals surface area (Å²) in [6, 6.07) is 0. The molecule has 42 heavy (non-hydrogen) atoms. The molecular formula is C32H55F5O5. The normalized spacial score (nSPS) is 36.5. The topological polar surface area (TPSA) is 65.0 Å². The largest absolute Gasteiger partial charge is 0.460 e. The van der Waals surface area contributed by atoms with Gasteiger partial charge >= 0.3 is 23.9 Å². The second-order valence-corrected chi connectivity index (χ2v) is 15.2. The Hall–Kier alpha value is -1.00. The lowest BCUT2D eigenvalue weighted by Crippen LogP contribution is -2.70. The zero-order chi connectivity index (χ0) is 32.3. The van der Waals surface area contributed by atoms with Crippen molar-refractivity contribution in [1.82, 2.24) is 0 Å². The van der Waals surface area contributed by atoms with Crippen molar-refractivity contribution >= 4 is 5.97 Å². The summed E-state index contributed by atoms with van der Waals surface area (Å²) >= 11 is 0. The molecule has 1 aliphatic heterocycles. The zero-order valence-electron chi connectivity index (χ0n) is 27.0. The summed E-state index contributed by atoms with van der Waals surface area (Å²) in [6.07, 6.45) is 0.261. The highest BCUT2D eigenvalue weighted by Gasteiger charge is 2.77. The van der Waals surface area contributed by atoms with Crippen molar-refractivity contribution in [2.45, 2.75) is 143 Å². The van der Waals surface area contributed by atoms with Gasteiger partial charge in [-0.3, -0.25) is 4.79 Å². The van der Waals surface area contributed by atoms with E-state index in [4.69, 9.17) is 9.47 Å². The first kappa shape index (κ1) is 37.2. The lowest BCUT2D eigenvalue weighted by atomic mass is 9.80. The van der Waals surface area contributed by atoms with Crippen molar-refractivity contribution in [3.05, 3.63) is 0 Å².